The lowest BCUT2D eigenvalue weighted by molar-refractivity contribution is 0.314. The van der Waals surface area contributed by atoms with Crippen molar-refractivity contribution in [1.29, 1.82) is 0 Å². The van der Waals surface area contributed by atoms with E-state index in [0.29, 0.717) is 5.41 Å². The van der Waals surface area contributed by atoms with Crippen molar-refractivity contribution in [2.45, 2.75) is 27.2 Å². The van der Waals surface area contributed by atoms with Crippen LogP contribution in [0.15, 0.2) is 0 Å². The second-order valence-electron chi connectivity index (χ2n) is 7.16. The molecule has 1 aliphatic heterocycles. The van der Waals surface area contributed by atoms with E-state index in [1.807, 2.05) is 25.6 Å². The van der Waals surface area contributed by atoms with Crippen LogP contribution in [-0.2, 0) is 7.05 Å². The summed E-state index contributed by atoms with van der Waals surface area (Å²) in [5.41, 5.74) is 2.22. The number of rotatable bonds is 3. The fourth-order valence-corrected chi connectivity index (χ4v) is 3.75. The van der Waals surface area contributed by atoms with Crippen molar-refractivity contribution in [3.8, 4) is 0 Å². The molecule has 2 aromatic heterocycles. The first kappa shape index (κ1) is 15.2. The fourth-order valence-electron chi connectivity index (χ4n) is 3.75. The van der Waals surface area contributed by atoms with Crippen LogP contribution in [0.2, 0.25) is 0 Å². The summed E-state index contributed by atoms with van der Waals surface area (Å²) in [5.74, 6) is 1.80. The fraction of sp³-hybridized carbons (Fsp3) is 0.688. The third kappa shape index (κ3) is 2.56. The first-order valence-electron chi connectivity index (χ1n) is 7.87. The van der Waals surface area contributed by atoms with Gasteiger partial charge >= 0.3 is 0 Å². The number of aromatic nitrogens is 4. The smallest absolute Gasteiger partial charge is 0.163 e. The van der Waals surface area contributed by atoms with E-state index in [2.05, 4.69) is 40.9 Å². The molecule has 0 spiro atoms. The van der Waals surface area contributed by atoms with Gasteiger partial charge < -0.3 is 9.80 Å². The van der Waals surface area contributed by atoms with Crippen molar-refractivity contribution < 1.29 is 0 Å². The Labute approximate surface area is 132 Å². The van der Waals surface area contributed by atoms with Crippen LogP contribution in [0, 0.1) is 19.3 Å². The predicted molar refractivity (Wildman–Crippen MR) is 89.3 cm³/mol. The number of fused-ring (bicyclic) bond motifs is 1. The van der Waals surface area contributed by atoms with Crippen molar-refractivity contribution in [2.75, 3.05) is 38.6 Å². The van der Waals surface area contributed by atoms with Crippen molar-refractivity contribution in [3.63, 3.8) is 0 Å². The van der Waals surface area contributed by atoms with Gasteiger partial charge in [0.2, 0.25) is 0 Å². The van der Waals surface area contributed by atoms with Gasteiger partial charge in [-0.3, -0.25) is 4.68 Å². The lowest BCUT2D eigenvalue weighted by Crippen LogP contribution is -2.36. The standard InChI is InChI=1S/C16H26N6/c1-11-13-14(17-12(2)18-15(13)22(6)19-11)21(5)10-16(3)7-8-20(4)9-16/h7-10H2,1-6H3. The summed E-state index contributed by atoms with van der Waals surface area (Å²) in [6.07, 6.45) is 1.23. The molecule has 6 nitrogen and oxygen atoms in total. The summed E-state index contributed by atoms with van der Waals surface area (Å²) in [5, 5.41) is 5.59. The molecule has 2 aromatic rings. The van der Waals surface area contributed by atoms with E-state index < -0.39 is 0 Å². The number of anilines is 1. The van der Waals surface area contributed by atoms with Gasteiger partial charge in [-0.15, -0.1) is 0 Å². The molecule has 0 amide bonds. The molecule has 0 saturated carbocycles. The Morgan fingerprint density at radius 3 is 2.59 bits per heavy atom. The molecule has 0 aromatic carbocycles. The second-order valence-corrected chi connectivity index (χ2v) is 7.16. The average molecular weight is 302 g/mol. The summed E-state index contributed by atoms with van der Waals surface area (Å²) in [7, 11) is 6.28. The summed E-state index contributed by atoms with van der Waals surface area (Å²) in [4.78, 5) is 14.0. The van der Waals surface area contributed by atoms with Crippen molar-refractivity contribution in [1.82, 2.24) is 24.6 Å². The highest BCUT2D eigenvalue weighted by Gasteiger charge is 2.34. The van der Waals surface area contributed by atoms with Crippen LogP contribution in [0.4, 0.5) is 5.82 Å². The second kappa shape index (κ2) is 5.19. The quantitative estimate of drug-likeness (QED) is 0.864. The average Bonchev–Trinajstić information content (AvgIpc) is 2.89. The monoisotopic (exact) mass is 302 g/mol. The van der Waals surface area contributed by atoms with Crippen molar-refractivity contribution in [3.05, 3.63) is 11.5 Å². The molecule has 3 rings (SSSR count). The minimum atomic E-state index is 0.310. The third-order valence-corrected chi connectivity index (χ3v) is 4.68. The molecule has 1 aliphatic rings. The van der Waals surface area contributed by atoms with Gasteiger partial charge in [-0.25, -0.2) is 9.97 Å². The molecule has 0 radical (unpaired) electrons. The maximum absolute atomic E-state index is 4.72. The van der Waals surface area contributed by atoms with Crippen LogP contribution in [0.25, 0.3) is 11.0 Å². The summed E-state index contributed by atoms with van der Waals surface area (Å²) >= 11 is 0. The lowest BCUT2D eigenvalue weighted by atomic mass is 9.89. The van der Waals surface area contributed by atoms with E-state index in [1.165, 1.54) is 13.0 Å². The number of hydrogen-bond donors (Lipinski definition) is 0. The number of hydrogen-bond acceptors (Lipinski definition) is 5. The van der Waals surface area contributed by atoms with Crippen LogP contribution in [0.1, 0.15) is 24.9 Å². The van der Waals surface area contributed by atoms with E-state index in [-0.39, 0.29) is 0 Å². The Kier molecular flexibility index (Phi) is 3.59. The number of nitrogens with zero attached hydrogens (tertiary/aromatic N) is 6. The zero-order chi connectivity index (χ0) is 16.1. The zero-order valence-electron chi connectivity index (χ0n) is 14.5. The normalized spacial score (nSPS) is 22.6. The Hall–Kier alpha value is -1.69. The molecule has 1 atom stereocenters. The summed E-state index contributed by atoms with van der Waals surface area (Å²) < 4.78 is 1.85. The Morgan fingerprint density at radius 2 is 1.95 bits per heavy atom. The van der Waals surface area contributed by atoms with Crippen LogP contribution in [0.5, 0.6) is 0 Å². The minimum Gasteiger partial charge on any atom is -0.358 e. The molecule has 1 saturated heterocycles. The van der Waals surface area contributed by atoms with E-state index in [4.69, 9.17) is 4.98 Å². The zero-order valence-corrected chi connectivity index (χ0v) is 14.5. The summed E-state index contributed by atoms with van der Waals surface area (Å²) in [6.45, 7) is 9.66. The van der Waals surface area contributed by atoms with Gasteiger partial charge in [-0.2, -0.15) is 5.10 Å². The molecule has 1 unspecified atom stereocenters. The summed E-state index contributed by atoms with van der Waals surface area (Å²) in [6, 6.07) is 0. The number of likely N-dealkylation sites (tertiary alicyclic amines) is 1. The van der Waals surface area contributed by atoms with Crippen LogP contribution in [-0.4, -0.2) is 58.4 Å². The Morgan fingerprint density at radius 1 is 1.23 bits per heavy atom. The maximum Gasteiger partial charge on any atom is 0.163 e. The highest BCUT2D eigenvalue weighted by atomic mass is 15.3. The van der Waals surface area contributed by atoms with Crippen molar-refractivity contribution in [2.24, 2.45) is 12.5 Å². The van der Waals surface area contributed by atoms with Crippen LogP contribution < -0.4 is 4.90 Å². The molecular weight excluding hydrogens is 276 g/mol. The largest absolute Gasteiger partial charge is 0.358 e. The highest BCUT2D eigenvalue weighted by Crippen LogP contribution is 2.33. The van der Waals surface area contributed by atoms with E-state index in [1.54, 1.807) is 0 Å². The maximum atomic E-state index is 4.72. The topological polar surface area (TPSA) is 50.1 Å². The van der Waals surface area contributed by atoms with E-state index >= 15 is 0 Å². The first-order valence-corrected chi connectivity index (χ1v) is 7.87. The van der Waals surface area contributed by atoms with Crippen LogP contribution in [0.3, 0.4) is 0 Å². The molecule has 1 fully saturated rings. The molecule has 0 N–H and O–H groups in total. The van der Waals surface area contributed by atoms with Crippen molar-refractivity contribution >= 4 is 16.9 Å². The SMILES string of the molecule is Cc1nc(N(C)CC2(C)CCN(C)C2)c2c(C)nn(C)c2n1. The Balaban J connectivity index is 1.99. The molecule has 6 heteroatoms. The van der Waals surface area contributed by atoms with Gasteiger partial charge in [-0.05, 0) is 39.3 Å². The van der Waals surface area contributed by atoms with Gasteiger partial charge in [0.05, 0.1) is 11.1 Å². The lowest BCUT2D eigenvalue weighted by Gasteiger charge is -2.31. The molecule has 22 heavy (non-hydrogen) atoms. The van der Waals surface area contributed by atoms with Gasteiger partial charge in [0.1, 0.15) is 11.6 Å². The molecule has 3 heterocycles. The molecule has 120 valence electrons. The number of aryl methyl sites for hydroxylation is 3. The van der Waals surface area contributed by atoms with Gasteiger partial charge in [0, 0.05) is 27.2 Å². The molecule has 0 bridgehead atoms. The van der Waals surface area contributed by atoms with Crippen LogP contribution >= 0.6 is 0 Å². The van der Waals surface area contributed by atoms with Gasteiger partial charge in [0.25, 0.3) is 0 Å². The first-order chi connectivity index (χ1) is 10.3. The van der Waals surface area contributed by atoms with E-state index in [0.717, 1.165) is 41.5 Å². The third-order valence-electron chi connectivity index (χ3n) is 4.68. The predicted octanol–water partition coefficient (Wildman–Crippen LogP) is 1.76. The molecule has 0 aliphatic carbocycles. The minimum absolute atomic E-state index is 0.310. The van der Waals surface area contributed by atoms with E-state index in [9.17, 15) is 0 Å². The van der Waals surface area contributed by atoms with Gasteiger partial charge in [0.15, 0.2) is 5.65 Å². The highest BCUT2D eigenvalue weighted by molar-refractivity contribution is 5.89. The van der Waals surface area contributed by atoms with Gasteiger partial charge in [-0.1, -0.05) is 6.92 Å². The Bertz CT molecular complexity index is 706. The molecular formula is C16H26N6.